The maximum atomic E-state index is 5.98. The van der Waals surface area contributed by atoms with Crippen LogP contribution in [0.25, 0.3) is 0 Å². The van der Waals surface area contributed by atoms with Crippen LogP contribution in [0.5, 0.6) is 0 Å². The Labute approximate surface area is 213 Å². The number of ether oxygens (including phenoxy) is 2. The van der Waals surface area contributed by atoms with Gasteiger partial charge in [0.2, 0.25) is 0 Å². The molecular formula is C18H22Br2Cl4N4O2. The van der Waals surface area contributed by atoms with Gasteiger partial charge in [0.15, 0.2) is 10.3 Å². The number of hydrogen-bond acceptors (Lipinski definition) is 6. The lowest BCUT2D eigenvalue weighted by molar-refractivity contribution is 0.122. The number of anilines is 2. The molecule has 0 radical (unpaired) electrons. The van der Waals surface area contributed by atoms with Gasteiger partial charge in [0, 0.05) is 36.1 Å². The Kier molecular flexibility index (Phi) is 15.4. The van der Waals surface area contributed by atoms with Gasteiger partial charge in [0.25, 0.3) is 0 Å². The van der Waals surface area contributed by atoms with Gasteiger partial charge in [-0.05, 0) is 12.1 Å². The van der Waals surface area contributed by atoms with Crippen LogP contribution in [0.1, 0.15) is 0 Å². The molecular weight excluding hydrogens is 606 g/mol. The van der Waals surface area contributed by atoms with E-state index in [2.05, 4.69) is 46.7 Å². The molecule has 0 unspecified atom stereocenters. The summed E-state index contributed by atoms with van der Waals surface area (Å²) in [4.78, 5) is 9.82. The van der Waals surface area contributed by atoms with Crippen molar-refractivity contribution in [3.05, 3.63) is 44.9 Å². The molecule has 12 heteroatoms. The standard InChI is InChI=1S/C9H10Cl2N2O.C5H4Cl2N2.C4H8Br2O/c10-7-5-8(9(11)12-6-7)13-1-3-14-4-2-13;6-3-1-4(8)5(7)9-2-3;5-1-3-7-4-2-6/h5-6H,1-4H2;1-2H,8H2;1-4H2. The summed E-state index contributed by atoms with van der Waals surface area (Å²) in [6, 6.07) is 3.39. The van der Waals surface area contributed by atoms with Gasteiger partial charge in [-0.15, -0.1) is 0 Å². The molecule has 3 heterocycles. The van der Waals surface area contributed by atoms with Gasteiger partial charge in [0.05, 0.1) is 47.8 Å². The van der Waals surface area contributed by atoms with Gasteiger partial charge in [-0.1, -0.05) is 78.3 Å². The minimum absolute atomic E-state index is 0.291. The smallest absolute Gasteiger partial charge is 0.152 e. The number of nitrogens with two attached hydrogens (primary N) is 1. The van der Waals surface area contributed by atoms with Crippen molar-refractivity contribution in [2.24, 2.45) is 0 Å². The third-order valence-electron chi connectivity index (χ3n) is 3.41. The Morgan fingerprint density at radius 1 is 0.933 bits per heavy atom. The summed E-state index contributed by atoms with van der Waals surface area (Å²) in [5, 5.41) is 3.75. The lowest BCUT2D eigenvalue weighted by Crippen LogP contribution is -2.36. The van der Waals surface area contributed by atoms with Crippen molar-refractivity contribution in [2.45, 2.75) is 0 Å². The second kappa shape index (κ2) is 16.6. The summed E-state index contributed by atoms with van der Waals surface area (Å²) < 4.78 is 10.3. The summed E-state index contributed by atoms with van der Waals surface area (Å²) in [6.45, 7) is 4.74. The predicted molar refractivity (Wildman–Crippen MR) is 134 cm³/mol. The van der Waals surface area contributed by atoms with Crippen molar-refractivity contribution < 1.29 is 9.47 Å². The van der Waals surface area contributed by atoms with Crippen LogP contribution >= 0.6 is 78.3 Å². The van der Waals surface area contributed by atoms with E-state index in [1.165, 1.54) is 6.20 Å². The summed E-state index contributed by atoms with van der Waals surface area (Å²) in [6.07, 6.45) is 2.99. The van der Waals surface area contributed by atoms with E-state index < -0.39 is 0 Å². The monoisotopic (exact) mass is 624 g/mol. The molecule has 0 saturated carbocycles. The molecule has 0 atom stereocenters. The number of alkyl halides is 2. The van der Waals surface area contributed by atoms with Crippen molar-refractivity contribution in [2.75, 3.05) is 60.8 Å². The molecule has 0 spiro atoms. The van der Waals surface area contributed by atoms with Gasteiger partial charge < -0.3 is 20.1 Å². The maximum Gasteiger partial charge on any atom is 0.152 e. The molecule has 0 amide bonds. The number of halogens is 6. The fourth-order valence-electron chi connectivity index (χ4n) is 2.09. The van der Waals surface area contributed by atoms with Crippen molar-refractivity contribution >= 4 is 89.6 Å². The Morgan fingerprint density at radius 2 is 1.47 bits per heavy atom. The molecule has 1 fully saturated rings. The summed E-state index contributed by atoms with van der Waals surface area (Å²) in [5.41, 5.74) is 6.64. The van der Waals surface area contributed by atoms with E-state index in [0.717, 1.165) is 55.9 Å². The van der Waals surface area contributed by atoms with Crippen LogP contribution in [0, 0.1) is 0 Å². The topological polar surface area (TPSA) is 73.5 Å². The molecule has 2 N–H and O–H groups in total. The number of pyridine rings is 2. The molecule has 0 aliphatic carbocycles. The van der Waals surface area contributed by atoms with Gasteiger partial charge in [0.1, 0.15) is 0 Å². The summed E-state index contributed by atoms with van der Waals surface area (Å²) >= 11 is 29.3. The number of hydrogen-bond donors (Lipinski definition) is 1. The lowest BCUT2D eigenvalue weighted by Gasteiger charge is -2.29. The van der Waals surface area contributed by atoms with E-state index in [1.807, 2.05) is 6.07 Å². The Morgan fingerprint density at radius 3 is 1.97 bits per heavy atom. The normalized spacial score (nSPS) is 13.1. The molecule has 2 aromatic heterocycles. The minimum atomic E-state index is 0.291. The number of nitrogen functional groups attached to an aromatic ring is 1. The van der Waals surface area contributed by atoms with Crippen molar-refractivity contribution in [3.8, 4) is 0 Å². The number of morpholine rings is 1. The first kappa shape index (κ1) is 28.0. The average molecular weight is 628 g/mol. The van der Waals surface area contributed by atoms with Gasteiger partial charge in [-0.25, -0.2) is 9.97 Å². The first-order valence-electron chi connectivity index (χ1n) is 8.79. The first-order valence-corrected chi connectivity index (χ1v) is 12.5. The molecule has 3 rings (SSSR count). The highest BCUT2D eigenvalue weighted by molar-refractivity contribution is 9.09. The zero-order valence-electron chi connectivity index (χ0n) is 16.0. The predicted octanol–water partition coefficient (Wildman–Crippen LogP) is 5.99. The quantitative estimate of drug-likeness (QED) is 0.250. The highest BCUT2D eigenvalue weighted by Gasteiger charge is 2.14. The SMILES string of the molecule is BrCCOCCBr.Clc1cnc(Cl)c(N2CCOCC2)c1.Nc1cc(Cl)cnc1Cl. The van der Waals surface area contributed by atoms with E-state index >= 15 is 0 Å². The number of nitrogens with zero attached hydrogens (tertiary/aromatic N) is 3. The van der Waals surface area contributed by atoms with Crippen LogP contribution in [0.15, 0.2) is 24.5 Å². The molecule has 1 aliphatic heterocycles. The number of aromatic nitrogens is 2. The molecule has 0 aromatic carbocycles. The fraction of sp³-hybridized carbons (Fsp3) is 0.444. The van der Waals surface area contributed by atoms with Crippen LogP contribution in [-0.4, -0.2) is 60.1 Å². The van der Waals surface area contributed by atoms with Crippen molar-refractivity contribution in [1.82, 2.24) is 9.97 Å². The molecule has 2 aromatic rings. The average Bonchev–Trinajstić information content (AvgIpc) is 2.75. The summed E-state index contributed by atoms with van der Waals surface area (Å²) in [7, 11) is 0. The largest absolute Gasteiger partial charge is 0.396 e. The van der Waals surface area contributed by atoms with Crippen LogP contribution < -0.4 is 10.6 Å². The molecule has 0 bridgehead atoms. The van der Waals surface area contributed by atoms with Crippen molar-refractivity contribution in [3.63, 3.8) is 0 Å². The highest BCUT2D eigenvalue weighted by Crippen LogP contribution is 2.27. The highest BCUT2D eigenvalue weighted by atomic mass is 79.9. The lowest BCUT2D eigenvalue weighted by atomic mass is 10.3. The van der Waals surface area contributed by atoms with Crippen LogP contribution in [0.4, 0.5) is 11.4 Å². The van der Waals surface area contributed by atoms with Gasteiger partial charge >= 0.3 is 0 Å². The maximum absolute atomic E-state index is 5.98. The van der Waals surface area contributed by atoms with E-state index in [4.69, 9.17) is 61.6 Å². The minimum Gasteiger partial charge on any atom is -0.396 e. The van der Waals surface area contributed by atoms with E-state index in [9.17, 15) is 0 Å². The van der Waals surface area contributed by atoms with E-state index in [1.54, 1.807) is 12.3 Å². The first-order chi connectivity index (χ1) is 14.4. The Bertz CT molecular complexity index is 752. The second-order valence-electron chi connectivity index (χ2n) is 5.59. The summed E-state index contributed by atoms with van der Waals surface area (Å²) in [5.74, 6) is 0. The van der Waals surface area contributed by atoms with Crippen LogP contribution in [0.2, 0.25) is 20.4 Å². The number of rotatable bonds is 5. The second-order valence-corrected chi connectivity index (χ2v) is 8.76. The Balaban J connectivity index is 0.000000244. The van der Waals surface area contributed by atoms with Crippen molar-refractivity contribution in [1.29, 1.82) is 0 Å². The van der Waals surface area contributed by atoms with E-state index in [-0.39, 0.29) is 0 Å². The molecule has 1 saturated heterocycles. The zero-order chi connectivity index (χ0) is 22.4. The molecule has 1 aliphatic rings. The van der Waals surface area contributed by atoms with Crippen LogP contribution in [-0.2, 0) is 9.47 Å². The molecule has 6 nitrogen and oxygen atoms in total. The molecule has 30 heavy (non-hydrogen) atoms. The molecule has 168 valence electrons. The Hall–Kier alpha value is -0.0600. The van der Waals surface area contributed by atoms with Gasteiger partial charge in [-0.2, -0.15) is 0 Å². The third-order valence-corrected chi connectivity index (χ3v) is 5.08. The van der Waals surface area contributed by atoms with Crippen LogP contribution in [0.3, 0.4) is 0 Å². The van der Waals surface area contributed by atoms with E-state index in [0.29, 0.717) is 26.0 Å². The van der Waals surface area contributed by atoms with Gasteiger partial charge in [-0.3, -0.25) is 0 Å². The zero-order valence-corrected chi connectivity index (χ0v) is 22.2. The third kappa shape index (κ3) is 11.5. The fourth-order valence-corrected chi connectivity index (χ4v) is 3.19.